The van der Waals surface area contributed by atoms with Crippen LogP contribution in [-0.2, 0) is 9.47 Å². The second-order valence-electron chi connectivity index (χ2n) is 5.22. The Kier molecular flexibility index (Phi) is 8.72. The molecule has 0 aromatic carbocycles. The largest absolute Gasteiger partial charge is 0.352 e. The first-order chi connectivity index (χ1) is 8.38. The summed E-state index contributed by atoms with van der Waals surface area (Å²) in [4.78, 5) is 0. The minimum atomic E-state index is 0.0772. The molecule has 0 aromatic heterocycles. The van der Waals surface area contributed by atoms with Crippen LogP contribution in [0.1, 0.15) is 71.6 Å². The summed E-state index contributed by atoms with van der Waals surface area (Å²) in [6, 6.07) is 0. The Balaban J connectivity index is 2.27. The smallest absolute Gasteiger partial charge is 0.160 e. The van der Waals surface area contributed by atoms with E-state index in [9.17, 15) is 0 Å². The third kappa shape index (κ3) is 6.42. The Morgan fingerprint density at radius 3 is 1.88 bits per heavy atom. The van der Waals surface area contributed by atoms with E-state index in [1.165, 1.54) is 44.9 Å². The van der Waals surface area contributed by atoms with E-state index in [0.29, 0.717) is 5.92 Å². The van der Waals surface area contributed by atoms with Crippen molar-refractivity contribution in [2.75, 3.05) is 13.2 Å². The number of rotatable bonds is 9. The summed E-state index contributed by atoms with van der Waals surface area (Å²) in [7, 11) is 0. The second kappa shape index (κ2) is 9.90. The van der Waals surface area contributed by atoms with Crippen molar-refractivity contribution in [3.05, 3.63) is 0 Å². The molecule has 0 spiro atoms. The summed E-state index contributed by atoms with van der Waals surface area (Å²) in [5.41, 5.74) is 0. The van der Waals surface area contributed by atoms with Gasteiger partial charge in [0, 0.05) is 19.1 Å². The molecule has 102 valence electrons. The van der Waals surface area contributed by atoms with Crippen molar-refractivity contribution in [1.29, 1.82) is 0 Å². The molecule has 0 bridgehead atoms. The lowest BCUT2D eigenvalue weighted by Crippen LogP contribution is -2.29. The van der Waals surface area contributed by atoms with Gasteiger partial charge in [0.25, 0.3) is 0 Å². The van der Waals surface area contributed by atoms with Crippen molar-refractivity contribution < 1.29 is 9.47 Å². The SMILES string of the molecule is CCCCOC(OCCCC)C1CCCCC1. The molecule has 0 heterocycles. The van der Waals surface area contributed by atoms with Gasteiger partial charge in [0.2, 0.25) is 0 Å². The molecule has 0 amide bonds. The zero-order valence-electron chi connectivity index (χ0n) is 11.7. The average Bonchev–Trinajstić information content (AvgIpc) is 2.38. The molecule has 1 aliphatic carbocycles. The molecule has 0 atom stereocenters. The van der Waals surface area contributed by atoms with E-state index in [2.05, 4.69) is 13.8 Å². The Bertz CT molecular complexity index is 154. The zero-order valence-corrected chi connectivity index (χ0v) is 11.7. The molecule has 1 rings (SSSR count). The molecule has 0 unspecified atom stereocenters. The van der Waals surface area contributed by atoms with Crippen LogP contribution in [0.5, 0.6) is 0 Å². The van der Waals surface area contributed by atoms with Gasteiger partial charge in [0.15, 0.2) is 6.29 Å². The van der Waals surface area contributed by atoms with E-state index in [0.717, 1.165) is 26.1 Å². The van der Waals surface area contributed by atoms with Crippen LogP contribution in [0.4, 0.5) is 0 Å². The van der Waals surface area contributed by atoms with Crippen molar-refractivity contribution in [3.63, 3.8) is 0 Å². The molecule has 2 heteroatoms. The summed E-state index contributed by atoms with van der Waals surface area (Å²) in [5.74, 6) is 0.650. The van der Waals surface area contributed by atoms with E-state index in [-0.39, 0.29) is 6.29 Å². The molecule has 1 fully saturated rings. The van der Waals surface area contributed by atoms with Crippen molar-refractivity contribution in [2.45, 2.75) is 77.9 Å². The molecule has 0 aromatic rings. The van der Waals surface area contributed by atoms with Crippen LogP contribution in [0.2, 0.25) is 0 Å². The normalized spacial score (nSPS) is 17.8. The standard InChI is InChI=1S/C15H30O2/c1-3-5-12-16-15(17-13-6-4-2)14-10-8-7-9-11-14/h14-15H,3-13H2,1-2H3. The summed E-state index contributed by atoms with van der Waals surface area (Å²) >= 11 is 0. The summed E-state index contributed by atoms with van der Waals surface area (Å²) < 4.78 is 11.9. The van der Waals surface area contributed by atoms with Gasteiger partial charge < -0.3 is 9.47 Å². The summed E-state index contributed by atoms with van der Waals surface area (Å²) in [6.07, 6.45) is 11.5. The molecule has 17 heavy (non-hydrogen) atoms. The lowest BCUT2D eigenvalue weighted by molar-refractivity contribution is -0.178. The molecular formula is C15H30O2. The van der Waals surface area contributed by atoms with Crippen LogP contribution in [0, 0.1) is 5.92 Å². The molecular weight excluding hydrogens is 212 g/mol. The maximum absolute atomic E-state index is 5.95. The van der Waals surface area contributed by atoms with E-state index < -0.39 is 0 Å². The average molecular weight is 242 g/mol. The van der Waals surface area contributed by atoms with Crippen molar-refractivity contribution >= 4 is 0 Å². The first-order valence-electron chi connectivity index (χ1n) is 7.61. The monoisotopic (exact) mass is 242 g/mol. The van der Waals surface area contributed by atoms with Crippen LogP contribution < -0.4 is 0 Å². The van der Waals surface area contributed by atoms with Crippen molar-refractivity contribution in [1.82, 2.24) is 0 Å². The Morgan fingerprint density at radius 2 is 1.41 bits per heavy atom. The third-order valence-corrected chi connectivity index (χ3v) is 3.59. The number of hydrogen-bond acceptors (Lipinski definition) is 2. The van der Waals surface area contributed by atoms with Crippen LogP contribution >= 0.6 is 0 Å². The van der Waals surface area contributed by atoms with Gasteiger partial charge in [-0.1, -0.05) is 46.0 Å². The molecule has 0 N–H and O–H groups in total. The van der Waals surface area contributed by atoms with Gasteiger partial charge in [-0.15, -0.1) is 0 Å². The van der Waals surface area contributed by atoms with E-state index >= 15 is 0 Å². The third-order valence-electron chi connectivity index (χ3n) is 3.59. The lowest BCUT2D eigenvalue weighted by Gasteiger charge is -2.30. The van der Waals surface area contributed by atoms with Crippen LogP contribution in [0.15, 0.2) is 0 Å². The Morgan fingerprint density at radius 1 is 0.882 bits per heavy atom. The van der Waals surface area contributed by atoms with Gasteiger partial charge >= 0.3 is 0 Å². The minimum Gasteiger partial charge on any atom is -0.352 e. The molecule has 0 radical (unpaired) electrons. The van der Waals surface area contributed by atoms with Gasteiger partial charge in [-0.2, -0.15) is 0 Å². The maximum Gasteiger partial charge on any atom is 0.160 e. The van der Waals surface area contributed by atoms with Crippen LogP contribution in [0.3, 0.4) is 0 Å². The van der Waals surface area contributed by atoms with E-state index in [1.54, 1.807) is 0 Å². The fourth-order valence-electron chi connectivity index (χ4n) is 2.41. The first kappa shape index (κ1) is 15.0. The molecule has 1 aliphatic rings. The van der Waals surface area contributed by atoms with Crippen LogP contribution in [-0.4, -0.2) is 19.5 Å². The molecule has 0 saturated heterocycles. The van der Waals surface area contributed by atoms with Gasteiger partial charge in [0.1, 0.15) is 0 Å². The zero-order chi connectivity index (χ0) is 12.3. The molecule has 2 nitrogen and oxygen atoms in total. The maximum atomic E-state index is 5.95. The fraction of sp³-hybridized carbons (Fsp3) is 1.00. The number of hydrogen-bond donors (Lipinski definition) is 0. The predicted molar refractivity (Wildman–Crippen MR) is 72.1 cm³/mol. The summed E-state index contributed by atoms with van der Waals surface area (Å²) in [5, 5.41) is 0. The van der Waals surface area contributed by atoms with E-state index in [1.807, 2.05) is 0 Å². The van der Waals surface area contributed by atoms with Gasteiger partial charge in [0.05, 0.1) is 0 Å². The van der Waals surface area contributed by atoms with Gasteiger partial charge in [-0.05, 0) is 25.7 Å². The van der Waals surface area contributed by atoms with Crippen molar-refractivity contribution in [2.24, 2.45) is 5.92 Å². The first-order valence-corrected chi connectivity index (χ1v) is 7.61. The minimum absolute atomic E-state index is 0.0772. The quantitative estimate of drug-likeness (QED) is 0.437. The van der Waals surface area contributed by atoms with Gasteiger partial charge in [-0.3, -0.25) is 0 Å². The van der Waals surface area contributed by atoms with E-state index in [4.69, 9.17) is 9.47 Å². The lowest BCUT2D eigenvalue weighted by atomic mass is 9.89. The highest BCUT2D eigenvalue weighted by Gasteiger charge is 2.24. The Hall–Kier alpha value is -0.0800. The molecule has 0 aliphatic heterocycles. The highest BCUT2D eigenvalue weighted by atomic mass is 16.7. The van der Waals surface area contributed by atoms with Gasteiger partial charge in [-0.25, -0.2) is 0 Å². The van der Waals surface area contributed by atoms with Crippen molar-refractivity contribution in [3.8, 4) is 0 Å². The highest BCUT2D eigenvalue weighted by Crippen LogP contribution is 2.28. The summed E-state index contributed by atoms with van der Waals surface area (Å²) in [6.45, 7) is 6.14. The number of ether oxygens (including phenoxy) is 2. The predicted octanol–water partition coefficient (Wildman–Crippen LogP) is 4.53. The fourth-order valence-corrected chi connectivity index (χ4v) is 2.41. The highest BCUT2D eigenvalue weighted by molar-refractivity contribution is 4.69. The Labute approximate surface area is 107 Å². The van der Waals surface area contributed by atoms with Crippen LogP contribution in [0.25, 0.3) is 0 Å². The number of unbranched alkanes of at least 4 members (excludes halogenated alkanes) is 2. The second-order valence-corrected chi connectivity index (χ2v) is 5.22. The molecule has 1 saturated carbocycles. The topological polar surface area (TPSA) is 18.5 Å².